The van der Waals surface area contributed by atoms with Gasteiger partial charge in [-0.3, -0.25) is 4.79 Å². The van der Waals surface area contributed by atoms with Crippen LogP contribution in [0.25, 0.3) is 5.65 Å². The molecule has 1 fully saturated rings. The molecule has 1 atom stereocenters. The van der Waals surface area contributed by atoms with E-state index in [-0.39, 0.29) is 18.0 Å². The van der Waals surface area contributed by atoms with E-state index in [0.29, 0.717) is 23.8 Å². The molecule has 2 amide bonds. The van der Waals surface area contributed by atoms with Gasteiger partial charge in [0.15, 0.2) is 5.65 Å². The van der Waals surface area contributed by atoms with Gasteiger partial charge < -0.3 is 19.4 Å². The van der Waals surface area contributed by atoms with Crippen LogP contribution in [0.3, 0.4) is 0 Å². The lowest BCUT2D eigenvalue weighted by atomic mass is 10.1. The van der Waals surface area contributed by atoms with Gasteiger partial charge in [0.25, 0.3) is 5.91 Å². The second-order valence-corrected chi connectivity index (χ2v) is 8.33. The third-order valence-corrected chi connectivity index (χ3v) is 4.84. The van der Waals surface area contributed by atoms with Crippen LogP contribution in [-0.2, 0) is 4.74 Å². The second kappa shape index (κ2) is 7.75. The molecule has 3 rings (SSSR count). The summed E-state index contributed by atoms with van der Waals surface area (Å²) in [5.41, 5.74) is 0.526. The Bertz CT molecular complexity index is 845. The number of amides is 2. The molecule has 3 heterocycles. The first-order valence-electron chi connectivity index (χ1n) is 8.93. The van der Waals surface area contributed by atoms with Gasteiger partial charge in [0.1, 0.15) is 16.3 Å². The van der Waals surface area contributed by atoms with Crippen molar-refractivity contribution in [2.24, 2.45) is 0 Å². The SMILES string of the molecule is CSc1nc(C(=O)NC2CCCN(C(=O)OC(C)(C)C)C2)cn2ccnc12. The molecule has 1 N–H and O–H groups in total. The Balaban J connectivity index is 1.68. The third-order valence-electron chi connectivity index (χ3n) is 4.18. The topological polar surface area (TPSA) is 88.8 Å². The standard InChI is InChI=1S/C18H25N5O3S/c1-18(2,3)26-17(25)23-8-5-6-12(10-23)20-15(24)13-11-22-9-7-19-14(22)16(21-13)27-4/h7,9,11-12H,5-6,8,10H2,1-4H3,(H,20,24). The summed E-state index contributed by atoms with van der Waals surface area (Å²) >= 11 is 1.45. The molecule has 8 nitrogen and oxygen atoms in total. The van der Waals surface area contributed by atoms with Gasteiger partial charge in [0, 0.05) is 37.7 Å². The summed E-state index contributed by atoms with van der Waals surface area (Å²) in [7, 11) is 0. The summed E-state index contributed by atoms with van der Waals surface area (Å²) in [4.78, 5) is 35.3. The van der Waals surface area contributed by atoms with Crippen molar-refractivity contribution in [2.45, 2.75) is 50.3 Å². The Morgan fingerprint density at radius 2 is 2.15 bits per heavy atom. The Kier molecular flexibility index (Phi) is 5.59. The molecule has 1 saturated heterocycles. The molecule has 27 heavy (non-hydrogen) atoms. The maximum atomic E-state index is 12.7. The fourth-order valence-electron chi connectivity index (χ4n) is 3.00. The van der Waals surface area contributed by atoms with Gasteiger partial charge in [-0.25, -0.2) is 14.8 Å². The highest BCUT2D eigenvalue weighted by Gasteiger charge is 2.28. The van der Waals surface area contributed by atoms with Crippen molar-refractivity contribution >= 4 is 29.4 Å². The number of imidazole rings is 1. The Morgan fingerprint density at radius 1 is 1.37 bits per heavy atom. The van der Waals surface area contributed by atoms with Gasteiger partial charge in [-0.2, -0.15) is 0 Å². The molecular weight excluding hydrogens is 366 g/mol. The van der Waals surface area contributed by atoms with Crippen molar-refractivity contribution in [3.8, 4) is 0 Å². The number of ether oxygens (including phenoxy) is 1. The largest absolute Gasteiger partial charge is 0.444 e. The highest BCUT2D eigenvalue weighted by Crippen LogP contribution is 2.19. The Labute approximate surface area is 162 Å². The van der Waals surface area contributed by atoms with E-state index in [9.17, 15) is 9.59 Å². The van der Waals surface area contributed by atoms with Crippen molar-refractivity contribution in [2.75, 3.05) is 19.3 Å². The van der Waals surface area contributed by atoms with Crippen molar-refractivity contribution in [3.63, 3.8) is 0 Å². The van der Waals surface area contributed by atoms with Crippen LogP contribution in [0, 0.1) is 0 Å². The number of hydrogen-bond donors (Lipinski definition) is 1. The molecule has 0 radical (unpaired) electrons. The molecule has 0 saturated carbocycles. The highest BCUT2D eigenvalue weighted by molar-refractivity contribution is 7.98. The fraction of sp³-hybridized carbons (Fsp3) is 0.556. The number of nitrogens with one attached hydrogen (secondary N) is 1. The maximum absolute atomic E-state index is 12.7. The van der Waals surface area contributed by atoms with E-state index in [0.717, 1.165) is 18.5 Å². The van der Waals surface area contributed by atoms with Crippen LogP contribution in [-0.4, -0.2) is 62.3 Å². The summed E-state index contributed by atoms with van der Waals surface area (Å²) in [6.45, 7) is 6.60. The molecule has 1 unspecified atom stereocenters. The lowest BCUT2D eigenvalue weighted by Crippen LogP contribution is -2.50. The number of piperidine rings is 1. The molecule has 1 aliphatic heterocycles. The van der Waals surface area contributed by atoms with Gasteiger partial charge in [-0.1, -0.05) is 0 Å². The van der Waals surface area contributed by atoms with Crippen LogP contribution >= 0.6 is 11.8 Å². The zero-order chi connectivity index (χ0) is 19.6. The van der Waals surface area contributed by atoms with Crippen molar-refractivity contribution < 1.29 is 14.3 Å². The Morgan fingerprint density at radius 3 is 2.85 bits per heavy atom. The van der Waals surface area contributed by atoms with Crippen LogP contribution in [0.4, 0.5) is 4.79 Å². The van der Waals surface area contributed by atoms with Crippen molar-refractivity contribution in [1.82, 2.24) is 24.6 Å². The average Bonchev–Trinajstić information content (AvgIpc) is 3.08. The minimum absolute atomic E-state index is 0.128. The number of carbonyl (C=O) groups excluding carboxylic acids is 2. The summed E-state index contributed by atoms with van der Waals surface area (Å²) < 4.78 is 7.23. The zero-order valence-electron chi connectivity index (χ0n) is 16.1. The molecular formula is C18H25N5O3S. The van der Waals surface area contributed by atoms with Crippen molar-refractivity contribution in [3.05, 3.63) is 24.3 Å². The predicted octanol–water partition coefficient (Wildman–Crippen LogP) is 2.58. The summed E-state index contributed by atoms with van der Waals surface area (Å²) in [5, 5.41) is 3.70. The first-order valence-corrected chi connectivity index (χ1v) is 10.2. The summed E-state index contributed by atoms with van der Waals surface area (Å²) in [5.74, 6) is -0.253. The number of likely N-dealkylation sites (tertiary alicyclic amines) is 1. The molecule has 2 aromatic heterocycles. The van der Waals surface area contributed by atoms with Gasteiger partial charge in [-0.15, -0.1) is 11.8 Å². The van der Waals surface area contributed by atoms with E-state index in [1.54, 1.807) is 27.9 Å². The van der Waals surface area contributed by atoms with Crippen LogP contribution in [0.2, 0.25) is 0 Å². The second-order valence-electron chi connectivity index (χ2n) is 7.53. The van der Waals surface area contributed by atoms with Gasteiger partial charge in [0.05, 0.1) is 0 Å². The van der Waals surface area contributed by atoms with E-state index in [1.165, 1.54) is 11.8 Å². The van der Waals surface area contributed by atoms with Crippen LogP contribution < -0.4 is 5.32 Å². The molecule has 9 heteroatoms. The number of thioether (sulfide) groups is 1. The summed E-state index contributed by atoms with van der Waals surface area (Å²) in [6.07, 6.45) is 8.33. The average molecular weight is 391 g/mol. The van der Waals surface area contributed by atoms with Crippen LogP contribution in [0.1, 0.15) is 44.1 Å². The molecule has 2 aromatic rings. The fourth-order valence-corrected chi connectivity index (χ4v) is 3.53. The van der Waals surface area contributed by atoms with E-state index < -0.39 is 5.60 Å². The first-order chi connectivity index (χ1) is 12.8. The molecule has 1 aliphatic rings. The smallest absolute Gasteiger partial charge is 0.410 e. The third kappa shape index (κ3) is 4.71. The quantitative estimate of drug-likeness (QED) is 0.809. The predicted molar refractivity (Wildman–Crippen MR) is 103 cm³/mol. The number of aromatic nitrogens is 3. The number of rotatable bonds is 3. The van der Waals surface area contributed by atoms with Gasteiger partial charge in [0.2, 0.25) is 0 Å². The molecule has 0 aliphatic carbocycles. The van der Waals surface area contributed by atoms with Gasteiger partial charge in [-0.05, 0) is 39.9 Å². The maximum Gasteiger partial charge on any atom is 0.410 e. The van der Waals surface area contributed by atoms with Crippen LogP contribution in [0.5, 0.6) is 0 Å². The Hall–Kier alpha value is -2.29. The van der Waals surface area contributed by atoms with Crippen LogP contribution in [0.15, 0.2) is 23.6 Å². The molecule has 146 valence electrons. The lowest BCUT2D eigenvalue weighted by molar-refractivity contribution is 0.0185. The van der Waals surface area contributed by atoms with E-state index in [4.69, 9.17) is 4.74 Å². The van der Waals surface area contributed by atoms with E-state index in [1.807, 2.05) is 27.0 Å². The highest BCUT2D eigenvalue weighted by atomic mass is 32.2. The normalized spacial score (nSPS) is 17.8. The van der Waals surface area contributed by atoms with Crippen molar-refractivity contribution in [1.29, 1.82) is 0 Å². The first kappa shape index (κ1) is 19.5. The molecule has 0 aromatic carbocycles. The van der Waals surface area contributed by atoms with E-state index >= 15 is 0 Å². The van der Waals surface area contributed by atoms with E-state index in [2.05, 4.69) is 15.3 Å². The molecule has 0 spiro atoms. The minimum Gasteiger partial charge on any atom is -0.444 e. The monoisotopic (exact) mass is 391 g/mol. The zero-order valence-corrected chi connectivity index (χ0v) is 16.9. The van der Waals surface area contributed by atoms with Gasteiger partial charge >= 0.3 is 6.09 Å². The number of carbonyl (C=O) groups is 2. The summed E-state index contributed by atoms with van der Waals surface area (Å²) in [6, 6.07) is -0.128. The number of nitrogens with zero attached hydrogens (tertiary/aromatic N) is 4. The molecule has 0 bridgehead atoms. The minimum atomic E-state index is -0.536. The number of hydrogen-bond acceptors (Lipinski definition) is 6. The lowest BCUT2D eigenvalue weighted by Gasteiger charge is -2.34. The number of fused-ring (bicyclic) bond motifs is 1.